The molecule has 1 N–H and O–H groups in total. The van der Waals surface area contributed by atoms with Crippen LogP contribution in [-0.2, 0) is 6.54 Å². The van der Waals surface area contributed by atoms with Crippen LogP contribution < -0.4 is 5.32 Å². The van der Waals surface area contributed by atoms with Crippen molar-refractivity contribution >= 4 is 11.6 Å². The van der Waals surface area contributed by atoms with Gasteiger partial charge in [0.15, 0.2) is 0 Å². The first-order valence-electron chi connectivity index (χ1n) is 5.26. The third-order valence-electron chi connectivity index (χ3n) is 2.72. The van der Waals surface area contributed by atoms with E-state index in [4.69, 9.17) is 11.6 Å². The van der Waals surface area contributed by atoms with Crippen molar-refractivity contribution in [2.24, 2.45) is 0 Å². The van der Waals surface area contributed by atoms with Gasteiger partial charge >= 0.3 is 0 Å². The quantitative estimate of drug-likeness (QED) is 0.833. The second-order valence-corrected chi connectivity index (χ2v) is 4.29. The van der Waals surface area contributed by atoms with Crippen molar-refractivity contribution < 1.29 is 0 Å². The maximum atomic E-state index is 5.78. The Hall–Kier alpha value is -0.540. The van der Waals surface area contributed by atoms with Crippen molar-refractivity contribution in [1.29, 1.82) is 0 Å². The molecule has 0 bridgehead atoms. The average molecular weight is 214 g/mol. The Kier molecular flexibility index (Phi) is 3.43. The molecule has 14 heavy (non-hydrogen) atoms. The molecule has 0 aromatic carbocycles. The number of piperidine rings is 1. The Morgan fingerprint density at radius 1 is 1.57 bits per heavy atom. The zero-order valence-corrected chi connectivity index (χ0v) is 9.00. The van der Waals surface area contributed by atoms with Crippen molar-refractivity contribution in [3.8, 4) is 0 Å². The fraction of sp³-hybridized carbons (Fsp3) is 0.700. The molecule has 0 aliphatic carbocycles. The average Bonchev–Trinajstić information content (AvgIpc) is 2.63. The van der Waals surface area contributed by atoms with Gasteiger partial charge in [0, 0.05) is 18.8 Å². The van der Waals surface area contributed by atoms with Crippen molar-refractivity contribution in [1.82, 2.24) is 15.1 Å². The molecule has 78 valence electrons. The van der Waals surface area contributed by atoms with Crippen LogP contribution in [0.25, 0.3) is 0 Å². The molecule has 1 unspecified atom stereocenters. The lowest BCUT2D eigenvalue weighted by atomic mass is 10.0. The highest BCUT2D eigenvalue weighted by atomic mass is 35.5. The minimum atomic E-state index is 0.673. The van der Waals surface area contributed by atoms with Gasteiger partial charge < -0.3 is 5.32 Å². The Morgan fingerprint density at radius 3 is 3.14 bits per heavy atom. The molecule has 1 atom stereocenters. The highest BCUT2D eigenvalue weighted by Gasteiger charge is 2.11. The fourth-order valence-corrected chi connectivity index (χ4v) is 2.08. The molecule has 0 saturated carbocycles. The van der Waals surface area contributed by atoms with Gasteiger partial charge in [-0.3, -0.25) is 4.68 Å². The van der Waals surface area contributed by atoms with Crippen molar-refractivity contribution in [3.05, 3.63) is 17.4 Å². The summed E-state index contributed by atoms with van der Waals surface area (Å²) in [6.45, 7) is 2.13. The minimum absolute atomic E-state index is 0.673. The molecular weight excluding hydrogens is 198 g/mol. The third kappa shape index (κ3) is 2.72. The predicted molar refractivity (Wildman–Crippen MR) is 57.5 cm³/mol. The second-order valence-electron chi connectivity index (χ2n) is 3.86. The summed E-state index contributed by atoms with van der Waals surface area (Å²) in [5.41, 5.74) is 0. The standard InChI is InChI=1S/C10H16ClN3/c11-9-7-13-14(8-9)6-4-10-3-1-2-5-12-10/h7-8,10,12H,1-6H2. The van der Waals surface area contributed by atoms with Crippen LogP contribution in [0.15, 0.2) is 12.4 Å². The van der Waals surface area contributed by atoms with Gasteiger partial charge in [0.1, 0.15) is 0 Å². The molecule has 2 heterocycles. The van der Waals surface area contributed by atoms with E-state index in [0.29, 0.717) is 6.04 Å². The van der Waals surface area contributed by atoms with Gasteiger partial charge in [-0.15, -0.1) is 0 Å². The summed E-state index contributed by atoms with van der Waals surface area (Å²) in [5, 5.41) is 8.40. The summed E-state index contributed by atoms with van der Waals surface area (Å²) < 4.78 is 1.92. The maximum Gasteiger partial charge on any atom is 0.0785 e. The molecule has 1 fully saturated rings. The molecule has 1 aromatic rings. The maximum absolute atomic E-state index is 5.78. The van der Waals surface area contributed by atoms with E-state index in [1.807, 2.05) is 10.9 Å². The summed E-state index contributed by atoms with van der Waals surface area (Å²) in [6.07, 6.45) is 8.70. The lowest BCUT2D eigenvalue weighted by Gasteiger charge is -2.23. The number of nitrogens with one attached hydrogen (secondary N) is 1. The first-order chi connectivity index (χ1) is 6.84. The molecule has 0 amide bonds. The number of aryl methyl sites for hydroxylation is 1. The van der Waals surface area contributed by atoms with Crippen LogP contribution >= 0.6 is 11.6 Å². The summed E-state index contributed by atoms with van der Waals surface area (Å²) in [6, 6.07) is 0.673. The van der Waals surface area contributed by atoms with Crippen LogP contribution in [0.1, 0.15) is 25.7 Å². The number of hydrogen-bond acceptors (Lipinski definition) is 2. The predicted octanol–water partition coefficient (Wildman–Crippen LogP) is 2.07. The highest BCUT2D eigenvalue weighted by Crippen LogP contribution is 2.11. The summed E-state index contributed by atoms with van der Waals surface area (Å²) in [4.78, 5) is 0. The van der Waals surface area contributed by atoms with Crippen LogP contribution in [0.5, 0.6) is 0 Å². The molecule has 1 saturated heterocycles. The number of rotatable bonds is 3. The largest absolute Gasteiger partial charge is 0.314 e. The van der Waals surface area contributed by atoms with Gasteiger partial charge in [-0.2, -0.15) is 5.10 Å². The van der Waals surface area contributed by atoms with Gasteiger partial charge in [0.05, 0.1) is 11.2 Å². The Morgan fingerprint density at radius 2 is 2.50 bits per heavy atom. The smallest absolute Gasteiger partial charge is 0.0785 e. The number of hydrogen-bond donors (Lipinski definition) is 1. The molecule has 4 heteroatoms. The molecule has 3 nitrogen and oxygen atoms in total. The van der Waals surface area contributed by atoms with Crippen molar-refractivity contribution in [3.63, 3.8) is 0 Å². The summed E-state index contributed by atoms with van der Waals surface area (Å²) in [7, 11) is 0. The Bertz CT molecular complexity index is 279. The van der Waals surface area contributed by atoms with Crippen LogP contribution in [-0.4, -0.2) is 22.4 Å². The molecule has 1 aliphatic rings. The lowest BCUT2D eigenvalue weighted by Crippen LogP contribution is -2.34. The molecule has 1 aromatic heterocycles. The van der Waals surface area contributed by atoms with E-state index >= 15 is 0 Å². The van der Waals surface area contributed by atoms with Crippen LogP contribution in [0, 0.1) is 0 Å². The van der Waals surface area contributed by atoms with Gasteiger partial charge in [-0.05, 0) is 25.8 Å². The normalized spacial score (nSPS) is 22.5. The molecule has 0 spiro atoms. The van der Waals surface area contributed by atoms with Crippen LogP contribution in [0.2, 0.25) is 5.02 Å². The SMILES string of the molecule is Clc1cnn(CCC2CCCCN2)c1. The Labute approximate surface area is 89.4 Å². The van der Waals surface area contributed by atoms with Gasteiger partial charge in [0.2, 0.25) is 0 Å². The Balaban J connectivity index is 1.76. The highest BCUT2D eigenvalue weighted by molar-refractivity contribution is 6.30. The number of aromatic nitrogens is 2. The third-order valence-corrected chi connectivity index (χ3v) is 2.92. The zero-order chi connectivity index (χ0) is 9.80. The first kappa shape index (κ1) is 9.99. The molecule has 0 radical (unpaired) electrons. The molecule has 2 rings (SSSR count). The van der Waals surface area contributed by atoms with Crippen molar-refractivity contribution in [2.45, 2.75) is 38.3 Å². The van der Waals surface area contributed by atoms with E-state index in [1.54, 1.807) is 6.20 Å². The van der Waals surface area contributed by atoms with E-state index in [-0.39, 0.29) is 0 Å². The fourth-order valence-electron chi connectivity index (χ4n) is 1.92. The van der Waals surface area contributed by atoms with E-state index in [1.165, 1.54) is 25.8 Å². The second kappa shape index (κ2) is 4.80. The molecule has 1 aliphatic heterocycles. The number of halogens is 1. The lowest BCUT2D eigenvalue weighted by molar-refractivity contribution is 0.360. The van der Waals surface area contributed by atoms with Crippen molar-refractivity contribution in [2.75, 3.05) is 6.54 Å². The summed E-state index contributed by atoms with van der Waals surface area (Å²) in [5.74, 6) is 0. The van der Waals surface area contributed by atoms with Gasteiger partial charge in [-0.25, -0.2) is 0 Å². The van der Waals surface area contributed by atoms with Crippen LogP contribution in [0.4, 0.5) is 0 Å². The minimum Gasteiger partial charge on any atom is -0.314 e. The topological polar surface area (TPSA) is 29.9 Å². The summed E-state index contributed by atoms with van der Waals surface area (Å²) >= 11 is 5.78. The van der Waals surface area contributed by atoms with E-state index in [2.05, 4.69) is 10.4 Å². The monoisotopic (exact) mass is 213 g/mol. The van der Waals surface area contributed by atoms with Gasteiger partial charge in [0.25, 0.3) is 0 Å². The van der Waals surface area contributed by atoms with E-state index in [0.717, 1.165) is 18.0 Å². The van der Waals surface area contributed by atoms with Gasteiger partial charge in [-0.1, -0.05) is 18.0 Å². The molecular formula is C10H16ClN3. The van der Waals surface area contributed by atoms with E-state index < -0.39 is 0 Å². The van der Waals surface area contributed by atoms with E-state index in [9.17, 15) is 0 Å². The first-order valence-corrected chi connectivity index (χ1v) is 5.64. The van der Waals surface area contributed by atoms with Crippen LogP contribution in [0.3, 0.4) is 0 Å². The zero-order valence-electron chi connectivity index (χ0n) is 8.25. The number of nitrogens with zero attached hydrogens (tertiary/aromatic N) is 2.